The van der Waals surface area contributed by atoms with E-state index in [1.165, 1.54) is 38.5 Å². The van der Waals surface area contributed by atoms with Gasteiger partial charge >= 0.3 is 0 Å². The van der Waals surface area contributed by atoms with Gasteiger partial charge in [0.1, 0.15) is 11.6 Å². The van der Waals surface area contributed by atoms with Crippen molar-refractivity contribution in [3.63, 3.8) is 0 Å². The Bertz CT molecular complexity index is 398. The number of carbonyl (C=O) groups is 1. The summed E-state index contributed by atoms with van der Waals surface area (Å²) in [6, 6.07) is 2.58. The van der Waals surface area contributed by atoms with Crippen molar-refractivity contribution in [1.29, 1.82) is 5.26 Å². The Kier molecular flexibility index (Phi) is 5.46. The minimum absolute atomic E-state index is 0.0881. The summed E-state index contributed by atoms with van der Waals surface area (Å²) < 4.78 is 0. The molecular weight excluding hydrogens is 250 g/mol. The number of carbonyl (C=O) groups excluding carboxylic acids is 1. The third-order valence-electron chi connectivity index (χ3n) is 4.48. The van der Waals surface area contributed by atoms with Crippen LogP contribution in [0.4, 0.5) is 0 Å². The van der Waals surface area contributed by atoms with Crippen molar-refractivity contribution in [2.24, 2.45) is 0 Å². The van der Waals surface area contributed by atoms with Crippen LogP contribution in [0.1, 0.15) is 51.4 Å². The van der Waals surface area contributed by atoms with Crippen LogP contribution in [0.3, 0.4) is 0 Å². The molecule has 0 atom stereocenters. The highest BCUT2D eigenvalue weighted by Gasteiger charge is 2.22. The molecule has 0 N–H and O–H groups in total. The first kappa shape index (κ1) is 14.9. The predicted octanol–water partition coefficient (Wildman–Crippen LogP) is 2.67. The van der Waals surface area contributed by atoms with E-state index in [4.69, 9.17) is 0 Å². The normalized spacial score (nSPS) is 21.4. The Labute approximate surface area is 122 Å². The second-order valence-corrected chi connectivity index (χ2v) is 5.96. The van der Waals surface area contributed by atoms with Gasteiger partial charge in [-0.2, -0.15) is 5.26 Å². The lowest BCUT2D eigenvalue weighted by Crippen LogP contribution is -2.37. The molecule has 0 bridgehead atoms. The van der Waals surface area contributed by atoms with Crippen molar-refractivity contribution < 1.29 is 4.79 Å². The van der Waals surface area contributed by atoms with Gasteiger partial charge in [-0.25, -0.2) is 0 Å². The van der Waals surface area contributed by atoms with Gasteiger partial charge in [-0.3, -0.25) is 4.79 Å². The first-order valence-corrected chi connectivity index (χ1v) is 7.85. The van der Waals surface area contributed by atoms with Crippen molar-refractivity contribution in [3.8, 4) is 6.07 Å². The zero-order valence-corrected chi connectivity index (χ0v) is 12.5. The van der Waals surface area contributed by atoms with Gasteiger partial charge < -0.3 is 9.80 Å². The van der Waals surface area contributed by atoms with Crippen LogP contribution in [-0.4, -0.2) is 41.9 Å². The summed E-state index contributed by atoms with van der Waals surface area (Å²) >= 11 is 0. The molecule has 4 nitrogen and oxygen atoms in total. The molecule has 2 aliphatic rings. The van der Waals surface area contributed by atoms with Gasteiger partial charge in [0.25, 0.3) is 5.91 Å². The van der Waals surface area contributed by atoms with Crippen LogP contribution in [0.15, 0.2) is 11.8 Å². The van der Waals surface area contributed by atoms with Crippen molar-refractivity contribution in [3.05, 3.63) is 11.8 Å². The molecule has 2 fully saturated rings. The zero-order chi connectivity index (χ0) is 14.4. The lowest BCUT2D eigenvalue weighted by Gasteiger charge is -2.31. The summed E-state index contributed by atoms with van der Waals surface area (Å²) in [5.74, 6) is -0.0881. The fourth-order valence-electron chi connectivity index (χ4n) is 3.20. The Morgan fingerprint density at radius 1 is 1.15 bits per heavy atom. The summed E-state index contributed by atoms with van der Waals surface area (Å²) in [6.07, 6.45) is 11.2. The number of hydrogen-bond acceptors (Lipinski definition) is 3. The number of amides is 1. The molecule has 1 amide bonds. The van der Waals surface area contributed by atoms with Crippen LogP contribution in [0.25, 0.3) is 0 Å². The highest BCUT2D eigenvalue weighted by Crippen LogP contribution is 2.22. The molecule has 0 spiro atoms. The third-order valence-corrected chi connectivity index (χ3v) is 4.48. The molecule has 1 heterocycles. The smallest absolute Gasteiger partial charge is 0.266 e. The Morgan fingerprint density at radius 3 is 2.35 bits per heavy atom. The summed E-state index contributed by atoms with van der Waals surface area (Å²) in [7, 11) is 2.00. The third kappa shape index (κ3) is 3.75. The minimum Gasteiger partial charge on any atom is -0.376 e. The summed E-state index contributed by atoms with van der Waals surface area (Å²) in [4.78, 5) is 16.3. The first-order chi connectivity index (χ1) is 9.72. The van der Waals surface area contributed by atoms with Gasteiger partial charge in [0.2, 0.25) is 0 Å². The second kappa shape index (κ2) is 7.33. The molecule has 0 aromatic carbocycles. The fraction of sp³-hybridized carbons (Fsp3) is 0.750. The Balaban J connectivity index is 2.00. The van der Waals surface area contributed by atoms with Gasteiger partial charge in [0, 0.05) is 32.4 Å². The van der Waals surface area contributed by atoms with Crippen molar-refractivity contribution >= 4 is 5.91 Å². The molecule has 1 saturated carbocycles. The van der Waals surface area contributed by atoms with E-state index in [2.05, 4.69) is 11.0 Å². The number of hydrogen-bond donors (Lipinski definition) is 0. The molecule has 1 saturated heterocycles. The monoisotopic (exact) mass is 275 g/mol. The topological polar surface area (TPSA) is 47.3 Å². The largest absolute Gasteiger partial charge is 0.376 e. The predicted molar refractivity (Wildman–Crippen MR) is 78.8 cm³/mol. The fourth-order valence-corrected chi connectivity index (χ4v) is 3.20. The van der Waals surface area contributed by atoms with Crippen LogP contribution >= 0.6 is 0 Å². The number of likely N-dealkylation sites (tertiary alicyclic amines) is 1. The number of rotatable bonds is 3. The molecule has 4 heteroatoms. The maximum Gasteiger partial charge on any atom is 0.266 e. The maximum atomic E-state index is 12.4. The molecule has 0 aromatic rings. The first-order valence-electron chi connectivity index (χ1n) is 7.85. The van der Waals surface area contributed by atoms with Crippen LogP contribution < -0.4 is 0 Å². The van der Waals surface area contributed by atoms with Crippen LogP contribution in [-0.2, 0) is 4.79 Å². The highest BCUT2D eigenvalue weighted by molar-refractivity contribution is 5.97. The maximum absolute atomic E-state index is 12.4. The SMILES string of the molecule is CN(/C=C(/C#N)C(=O)N1CCCCC1)C1CCCCC1. The summed E-state index contributed by atoms with van der Waals surface area (Å²) in [5, 5.41) is 9.28. The molecule has 0 unspecified atom stereocenters. The van der Waals surface area contributed by atoms with Gasteiger partial charge in [-0.15, -0.1) is 0 Å². The van der Waals surface area contributed by atoms with E-state index in [0.717, 1.165) is 25.9 Å². The van der Waals surface area contributed by atoms with E-state index < -0.39 is 0 Å². The average Bonchev–Trinajstić information content (AvgIpc) is 2.53. The second-order valence-electron chi connectivity index (χ2n) is 5.96. The molecule has 110 valence electrons. The lowest BCUT2D eigenvalue weighted by atomic mass is 9.94. The van der Waals surface area contributed by atoms with Gasteiger partial charge in [-0.1, -0.05) is 19.3 Å². The molecule has 1 aliphatic carbocycles. The van der Waals surface area contributed by atoms with Crippen molar-refractivity contribution in [1.82, 2.24) is 9.80 Å². The molecule has 1 aliphatic heterocycles. The van der Waals surface area contributed by atoms with E-state index in [9.17, 15) is 10.1 Å². The standard InChI is InChI=1S/C16H25N3O/c1-18(15-8-4-2-5-9-15)13-14(12-17)16(20)19-10-6-3-7-11-19/h13,15H,2-11H2,1H3/b14-13-. The Hall–Kier alpha value is -1.50. The van der Waals surface area contributed by atoms with Crippen molar-refractivity contribution in [2.75, 3.05) is 20.1 Å². The Morgan fingerprint density at radius 2 is 1.75 bits per heavy atom. The highest BCUT2D eigenvalue weighted by atomic mass is 16.2. The average molecular weight is 275 g/mol. The zero-order valence-electron chi connectivity index (χ0n) is 12.5. The van der Waals surface area contributed by atoms with E-state index >= 15 is 0 Å². The van der Waals surface area contributed by atoms with E-state index in [1.807, 2.05) is 11.9 Å². The quantitative estimate of drug-likeness (QED) is 0.587. The van der Waals surface area contributed by atoms with Gasteiger partial charge in [-0.05, 0) is 32.1 Å². The summed E-state index contributed by atoms with van der Waals surface area (Å²) in [6.45, 7) is 1.59. The van der Waals surface area contributed by atoms with Gasteiger partial charge in [0.05, 0.1) is 0 Å². The van der Waals surface area contributed by atoms with Crippen LogP contribution in [0.5, 0.6) is 0 Å². The molecule has 20 heavy (non-hydrogen) atoms. The number of nitriles is 1. The number of nitrogens with zero attached hydrogens (tertiary/aromatic N) is 3. The van der Waals surface area contributed by atoms with E-state index in [1.54, 1.807) is 6.20 Å². The van der Waals surface area contributed by atoms with Crippen LogP contribution in [0, 0.1) is 11.3 Å². The summed E-state index contributed by atoms with van der Waals surface area (Å²) in [5.41, 5.74) is 0.292. The molecule has 0 aromatic heterocycles. The molecular formula is C16H25N3O. The van der Waals surface area contributed by atoms with Crippen LogP contribution in [0.2, 0.25) is 0 Å². The molecule has 0 radical (unpaired) electrons. The minimum atomic E-state index is -0.0881. The van der Waals surface area contributed by atoms with E-state index in [0.29, 0.717) is 11.6 Å². The molecule has 2 rings (SSSR count). The van der Waals surface area contributed by atoms with E-state index in [-0.39, 0.29) is 5.91 Å². The van der Waals surface area contributed by atoms with Crippen molar-refractivity contribution in [2.45, 2.75) is 57.4 Å². The van der Waals surface area contributed by atoms with Gasteiger partial charge in [0.15, 0.2) is 0 Å². The lowest BCUT2D eigenvalue weighted by molar-refractivity contribution is -0.127. The number of piperidine rings is 1.